The highest BCUT2D eigenvalue weighted by molar-refractivity contribution is 5.14. The van der Waals surface area contributed by atoms with Gasteiger partial charge in [0.15, 0.2) is 0 Å². The molecule has 2 nitrogen and oxygen atoms in total. The average molecular weight is 223 g/mol. The molecule has 2 rings (SSSR count). The van der Waals surface area contributed by atoms with Crippen LogP contribution in [0.3, 0.4) is 0 Å². The van der Waals surface area contributed by atoms with Gasteiger partial charge in [-0.25, -0.2) is 4.39 Å². The van der Waals surface area contributed by atoms with E-state index >= 15 is 0 Å². The van der Waals surface area contributed by atoms with Crippen LogP contribution in [-0.2, 0) is 0 Å². The van der Waals surface area contributed by atoms with Gasteiger partial charge in [0.25, 0.3) is 0 Å². The molecule has 1 unspecified atom stereocenters. The highest BCUT2D eigenvalue weighted by Gasteiger charge is 2.25. The van der Waals surface area contributed by atoms with Crippen LogP contribution in [0.2, 0.25) is 0 Å². The fraction of sp³-hybridized carbons (Fsp3) is 0.615. The largest absolute Gasteiger partial charge is 0.388 e. The highest BCUT2D eigenvalue weighted by Crippen LogP contribution is 2.36. The Kier molecular flexibility index (Phi) is 3.54. The van der Waals surface area contributed by atoms with Crippen molar-refractivity contribution in [3.63, 3.8) is 0 Å². The molecular formula is C13H18FNO. The minimum Gasteiger partial charge on any atom is -0.388 e. The molecule has 0 radical (unpaired) electrons. The van der Waals surface area contributed by atoms with Gasteiger partial charge in [0.1, 0.15) is 5.82 Å². The summed E-state index contributed by atoms with van der Waals surface area (Å²) in [5.41, 5.74) is 0.611. The molecule has 0 amide bonds. The summed E-state index contributed by atoms with van der Waals surface area (Å²) in [4.78, 5) is 3.78. The van der Waals surface area contributed by atoms with E-state index < -0.39 is 6.10 Å². The lowest BCUT2D eigenvalue weighted by molar-refractivity contribution is 0.0750. The number of hydrogen-bond donors (Lipinski definition) is 1. The second kappa shape index (κ2) is 4.91. The molecule has 1 heterocycles. The second-order valence-corrected chi connectivity index (χ2v) is 4.90. The second-order valence-electron chi connectivity index (χ2n) is 4.90. The van der Waals surface area contributed by atoms with E-state index in [-0.39, 0.29) is 11.7 Å². The van der Waals surface area contributed by atoms with Gasteiger partial charge in [0.05, 0.1) is 12.3 Å². The van der Waals surface area contributed by atoms with Crippen molar-refractivity contribution in [2.45, 2.75) is 38.7 Å². The normalized spacial score (nSPS) is 27.7. The monoisotopic (exact) mass is 223 g/mol. The molecule has 0 aromatic carbocycles. The van der Waals surface area contributed by atoms with Gasteiger partial charge >= 0.3 is 0 Å². The molecule has 0 saturated heterocycles. The molecule has 1 N–H and O–H groups in total. The molecule has 0 spiro atoms. The van der Waals surface area contributed by atoms with Gasteiger partial charge < -0.3 is 5.11 Å². The van der Waals surface area contributed by atoms with E-state index in [2.05, 4.69) is 11.9 Å². The molecule has 1 aliphatic carbocycles. The molecule has 88 valence electrons. The number of halogens is 1. The zero-order chi connectivity index (χ0) is 11.5. The minimum atomic E-state index is -0.560. The quantitative estimate of drug-likeness (QED) is 0.835. The summed E-state index contributed by atoms with van der Waals surface area (Å²) in [6.45, 7) is 2.24. The molecule has 1 aliphatic rings. The van der Waals surface area contributed by atoms with Crippen molar-refractivity contribution < 1.29 is 9.50 Å². The Morgan fingerprint density at radius 1 is 1.31 bits per heavy atom. The van der Waals surface area contributed by atoms with Gasteiger partial charge in [-0.05, 0) is 30.7 Å². The topological polar surface area (TPSA) is 33.1 Å². The summed E-state index contributed by atoms with van der Waals surface area (Å²) in [7, 11) is 0. The average Bonchev–Trinajstić information content (AvgIpc) is 2.29. The summed E-state index contributed by atoms with van der Waals surface area (Å²) >= 11 is 0. The Balaban J connectivity index is 2.04. The van der Waals surface area contributed by atoms with Crippen LogP contribution >= 0.6 is 0 Å². The Hall–Kier alpha value is -0.960. The Morgan fingerprint density at radius 3 is 2.62 bits per heavy atom. The van der Waals surface area contributed by atoms with Crippen molar-refractivity contribution in [2.75, 3.05) is 0 Å². The summed E-state index contributed by atoms with van der Waals surface area (Å²) < 4.78 is 13.0. The highest BCUT2D eigenvalue weighted by atomic mass is 19.1. The van der Waals surface area contributed by atoms with Crippen LogP contribution in [-0.4, -0.2) is 10.1 Å². The third-order valence-corrected chi connectivity index (χ3v) is 3.57. The molecule has 3 heteroatoms. The van der Waals surface area contributed by atoms with Gasteiger partial charge in [-0.3, -0.25) is 4.98 Å². The predicted octanol–water partition coefficient (Wildman–Crippen LogP) is 3.08. The van der Waals surface area contributed by atoms with Crippen LogP contribution in [0.1, 0.15) is 44.3 Å². The lowest BCUT2D eigenvalue weighted by Gasteiger charge is -2.29. The van der Waals surface area contributed by atoms with E-state index in [4.69, 9.17) is 0 Å². The third kappa shape index (κ3) is 2.59. The number of rotatable bonds is 2. The summed E-state index contributed by atoms with van der Waals surface area (Å²) in [6.07, 6.45) is 6.54. The Morgan fingerprint density at radius 2 is 2.00 bits per heavy atom. The minimum absolute atomic E-state index is 0.264. The van der Waals surface area contributed by atoms with Crippen LogP contribution in [0, 0.1) is 17.7 Å². The first-order chi connectivity index (χ1) is 7.66. The summed E-state index contributed by atoms with van der Waals surface area (Å²) in [6, 6.07) is 1.38. The summed E-state index contributed by atoms with van der Waals surface area (Å²) in [5.74, 6) is 0.648. The van der Waals surface area contributed by atoms with E-state index in [1.54, 1.807) is 6.20 Å². The van der Waals surface area contributed by atoms with E-state index in [1.165, 1.54) is 12.3 Å². The van der Waals surface area contributed by atoms with Crippen LogP contribution in [0.4, 0.5) is 4.39 Å². The zero-order valence-electron chi connectivity index (χ0n) is 9.56. The molecule has 1 fully saturated rings. The lowest BCUT2D eigenvalue weighted by Crippen LogP contribution is -2.19. The van der Waals surface area contributed by atoms with E-state index in [1.807, 2.05) is 0 Å². The third-order valence-electron chi connectivity index (χ3n) is 3.57. The van der Waals surface area contributed by atoms with Gasteiger partial charge in [-0.2, -0.15) is 0 Å². The molecule has 0 bridgehead atoms. The fourth-order valence-electron chi connectivity index (χ4n) is 2.46. The van der Waals surface area contributed by atoms with Crippen molar-refractivity contribution in [3.05, 3.63) is 29.8 Å². The number of nitrogens with zero attached hydrogens (tertiary/aromatic N) is 1. The van der Waals surface area contributed by atoms with Crippen LogP contribution in [0.15, 0.2) is 18.5 Å². The van der Waals surface area contributed by atoms with Gasteiger partial charge in [0, 0.05) is 11.8 Å². The predicted molar refractivity (Wildman–Crippen MR) is 60.3 cm³/mol. The lowest BCUT2D eigenvalue weighted by atomic mass is 9.79. The first kappa shape index (κ1) is 11.5. The maximum absolute atomic E-state index is 13.0. The van der Waals surface area contributed by atoms with E-state index in [0.717, 1.165) is 31.6 Å². The van der Waals surface area contributed by atoms with Gasteiger partial charge in [0.2, 0.25) is 0 Å². The van der Waals surface area contributed by atoms with E-state index in [0.29, 0.717) is 5.56 Å². The zero-order valence-corrected chi connectivity index (χ0v) is 9.56. The van der Waals surface area contributed by atoms with Gasteiger partial charge in [-0.15, -0.1) is 0 Å². The van der Waals surface area contributed by atoms with Gasteiger partial charge in [-0.1, -0.05) is 19.8 Å². The Labute approximate surface area is 95.5 Å². The molecular weight excluding hydrogens is 205 g/mol. The van der Waals surface area contributed by atoms with E-state index in [9.17, 15) is 9.50 Å². The number of aliphatic hydroxyl groups excluding tert-OH is 1. The number of hydrogen-bond acceptors (Lipinski definition) is 2. The first-order valence-electron chi connectivity index (χ1n) is 5.95. The smallest absolute Gasteiger partial charge is 0.141 e. The van der Waals surface area contributed by atoms with Crippen molar-refractivity contribution in [3.8, 4) is 0 Å². The standard InChI is InChI=1S/C13H18FNO/c1-9-2-4-10(5-3-9)13(16)11-6-12(14)8-15-7-11/h6-10,13,16H,2-5H2,1H3. The van der Waals surface area contributed by atoms with Crippen LogP contribution in [0.5, 0.6) is 0 Å². The van der Waals surface area contributed by atoms with Crippen molar-refractivity contribution in [1.29, 1.82) is 0 Å². The number of pyridine rings is 1. The fourth-order valence-corrected chi connectivity index (χ4v) is 2.46. The Bertz CT molecular complexity index is 348. The first-order valence-corrected chi connectivity index (χ1v) is 5.95. The molecule has 1 aromatic rings. The van der Waals surface area contributed by atoms with Crippen molar-refractivity contribution in [2.24, 2.45) is 11.8 Å². The van der Waals surface area contributed by atoms with Crippen molar-refractivity contribution in [1.82, 2.24) is 4.98 Å². The maximum atomic E-state index is 13.0. The number of aromatic nitrogens is 1. The molecule has 1 atom stereocenters. The molecule has 16 heavy (non-hydrogen) atoms. The maximum Gasteiger partial charge on any atom is 0.141 e. The molecule has 1 saturated carbocycles. The SMILES string of the molecule is CC1CCC(C(O)c2cncc(F)c2)CC1. The van der Waals surface area contributed by atoms with Crippen LogP contribution < -0.4 is 0 Å². The van der Waals surface area contributed by atoms with Crippen LogP contribution in [0.25, 0.3) is 0 Å². The molecule has 1 aromatic heterocycles. The van der Waals surface area contributed by atoms with Crippen molar-refractivity contribution >= 4 is 0 Å². The molecule has 0 aliphatic heterocycles. The number of aliphatic hydroxyl groups is 1. The summed E-state index contributed by atoms with van der Waals surface area (Å²) in [5, 5.41) is 10.1.